The van der Waals surface area contributed by atoms with Crippen molar-refractivity contribution in [1.29, 1.82) is 0 Å². The molecule has 1 N–H and O–H groups in total. The molecule has 0 radical (unpaired) electrons. The zero-order valence-electron chi connectivity index (χ0n) is 16.8. The number of hydrogen-bond donors (Lipinski definition) is 1. The van der Waals surface area contributed by atoms with E-state index in [2.05, 4.69) is 27.2 Å². The van der Waals surface area contributed by atoms with Crippen LogP contribution in [0, 0.1) is 5.92 Å². The number of H-pyrrole nitrogens is 1. The summed E-state index contributed by atoms with van der Waals surface area (Å²) < 4.78 is 5.26. The van der Waals surface area contributed by atoms with Gasteiger partial charge in [0.2, 0.25) is 0 Å². The van der Waals surface area contributed by atoms with Crippen LogP contribution in [0.15, 0.2) is 30.7 Å². The third kappa shape index (κ3) is 3.33. The molecular formula is C22H27N5O2. The molecule has 5 rings (SSSR count). The standard InChI is InChI=1S/C22H27N5O2/c1-29-14-15-4-8-27(13-15)22(28)26-9-5-16(6-10-26)18-11-24-21-20(18)17-3-2-7-23-19(17)12-25-21/h2-3,7,11-12,15-16H,4-6,8-10,13-14H2,1H3,(H,24,25). The van der Waals surface area contributed by atoms with Crippen LogP contribution in [0.3, 0.4) is 0 Å². The topological polar surface area (TPSA) is 74.3 Å². The molecule has 2 fully saturated rings. The van der Waals surface area contributed by atoms with E-state index >= 15 is 0 Å². The first-order chi connectivity index (χ1) is 14.2. The number of fused-ring (bicyclic) bond motifs is 3. The minimum Gasteiger partial charge on any atom is -0.384 e. The Hall–Kier alpha value is -2.67. The molecular weight excluding hydrogens is 366 g/mol. The van der Waals surface area contributed by atoms with Gasteiger partial charge in [-0.05, 0) is 36.8 Å². The first kappa shape index (κ1) is 18.4. The Balaban J connectivity index is 1.30. The molecule has 1 unspecified atom stereocenters. The van der Waals surface area contributed by atoms with Gasteiger partial charge in [0.15, 0.2) is 0 Å². The number of likely N-dealkylation sites (tertiary alicyclic amines) is 2. The maximum absolute atomic E-state index is 12.9. The molecule has 152 valence electrons. The predicted molar refractivity (Wildman–Crippen MR) is 112 cm³/mol. The lowest BCUT2D eigenvalue weighted by Gasteiger charge is -2.34. The van der Waals surface area contributed by atoms with E-state index in [0.717, 1.165) is 68.6 Å². The van der Waals surface area contributed by atoms with Gasteiger partial charge in [0.05, 0.1) is 18.3 Å². The molecule has 0 aliphatic carbocycles. The fraction of sp³-hybridized carbons (Fsp3) is 0.500. The summed E-state index contributed by atoms with van der Waals surface area (Å²) in [6, 6.07) is 4.29. The number of pyridine rings is 2. The molecule has 7 nitrogen and oxygen atoms in total. The van der Waals surface area contributed by atoms with Crippen LogP contribution in [-0.2, 0) is 4.74 Å². The average Bonchev–Trinajstić information content (AvgIpc) is 3.41. The highest BCUT2D eigenvalue weighted by atomic mass is 16.5. The van der Waals surface area contributed by atoms with E-state index in [1.807, 2.05) is 28.3 Å². The number of urea groups is 1. The maximum Gasteiger partial charge on any atom is 0.320 e. The second-order valence-electron chi connectivity index (χ2n) is 8.26. The summed E-state index contributed by atoms with van der Waals surface area (Å²) in [5, 5.41) is 2.33. The van der Waals surface area contributed by atoms with Gasteiger partial charge in [0.25, 0.3) is 0 Å². The van der Waals surface area contributed by atoms with Crippen molar-refractivity contribution in [3.05, 3.63) is 36.3 Å². The monoisotopic (exact) mass is 393 g/mol. The number of aromatic nitrogens is 3. The molecule has 0 saturated carbocycles. The number of carbonyl (C=O) groups is 1. The van der Waals surface area contributed by atoms with Crippen LogP contribution in [0.1, 0.15) is 30.7 Å². The maximum atomic E-state index is 12.9. The number of carbonyl (C=O) groups excluding carboxylic acids is 1. The van der Waals surface area contributed by atoms with Crippen molar-refractivity contribution in [2.75, 3.05) is 39.9 Å². The summed E-state index contributed by atoms with van der Waals surface area (Å²) in [4.78, 5) is 29.3. The Morgan fingerprint density at radius 2 is 2.03 bits per heavy atom. The second-order valence-corrected chi connectivity index (χ2v) is 8.26. The Morgan fingerprint density at radius 3 is 2.86 bits per heavy atom. The van der Waals surface area contributed by atoms with E-state index in [4.69, 9.17) is 4.74 Å². The minimum atomic E-state index is 0.192. The molecule has 7 heteroatoms. The summed E-state index contributed by atoms with van der Waals surface area (Å²) in [7, 11) is 1.73. The molecule has 2 aliphatic rings. The van der Waals surface area contributed by atoms with Gasteiger partial charge in [-0.15, -0.1) is 0 Å². The van der Waals surface area contributed by atoms with Crippen LogP contribution < -0.4 is 0 Å². The van der Waals surface area contributed by atoms with Crippen molar-refractivity contribution >= 4 is 28.0 Å². The van der Waals surface area contributed by atoms with Crippen molar-refractivity contribution in [2.45, 2.75) is 25.2 Å². The smallest absolute Gasteiger partial charge is 0.320 e. The van der Waals surface area contributed by atoms with Gasteiger partial charge >= 0.3 is 6.03 Å². The number of amides is 2. The molecule has 3 aromatic heterocycles. The normalized spacial score (nSPS) is 20.8. The first-order valence-corrected chi connectivity index (χ1v) is 10.5. The molecule has 29 heavy (non-hydrogen) atoms. The predicted octanol–water partition coefficient (Wildman–Crippen LogP) is 3.38. The lowest BCUT2D eigenvalue weighted by molar-refractivity contribution is 0.136. The summed E-state index contributed by atoms with van der Waals surface area (Å²) in [5.41, 5.74) is 3.15. The van der Waals surface area contributed by atoms with Crippen molar-refractivity contribution in [1.82, 2.24) is 24.8 Å². The molecule has 1 atom stereocenters. The SMILES string of the molecule is COCC1CCN(C(=O)N2CCC(c3c[nH]c4ncc5ncccc5c34)CC2)C1. The number of aromatic amines is 1. The zero-order chi connectivity index (χ0) is 19.8. The number of nitrogens with zero attached hydrogens (tertiary/aromatic N) is 4. The molecule has 0 aromatic carbocycles. The summed E-state index contributed by atoms with van der Waals surface area (Å²) in [5.74, 6) is 0.905. The number of hydrogen-bond acceptors (Lipinski definition) is 4. The van der Waals surface area contributed by atoms with Crippen molar-refractivity contribution in [3.8, 4) is 0 Å². The largest absolute Gasteiger partial charge is 0.384 e. The first-order valence-electron chi connectivity index (χ1n) is 10.5. The molecule has 2 aliphatic heterocycles. The second kappa shape index (κ2) is 7.63. The van der Waals surface area contributed by atoms with Crippen molar-refractivity contribution in [2.24, 2.45) is 5.92 Å². The number of nitrogens with one attached hydrogen (secondary N) is 1. The van der Waals surface area contributed by atoms with Crippen molar-refractivity contribution in [3.63, 3.8) is 0 Å². The summed E-state index contributed by atoms with van der Waals surface area (Å²) in [6.45, 7) is 4.01. The van der Waals surface area contributed by atoms with Gasteiger partial charge in [-0.1, -0.05) is 6.07 Å². The highest BCUT2D eigenvalue weighted by Gasteiger charge is 2.32. The van der Waals surface area contributed by atoms with Crippen LogP contribution in [0.25, 0.3) is 21.9 Å². The van der Waals surface area contributed by atoms with Crippen LogP contribution in [0.5, 0.6) is 0 Å². The van der Waals surface area contributed by atoms with E-state index in [0.29, 0.717) is 11.8 Å². The molecule has 0 bridgehead atoms. The fourth-order valence-corrected chi connectivity index (χ4v) is 4.95. The molecule has 5 heterocycles. The Labute approximate surface area is 170 Å². The summed E-state index contributed by atoms with van der Waals surface area (Å²) >= 11 is 0. The number of ether oxygens (including phenoxy) is 1. The fourth-order valence-electron chi connectivity index (χ4n) is 4.95. The van der Waals surface area contributed by atoms with Gasteiger partial charge in [0, 0.05) is 62.4 Å². The van der Waals surface area contributed by atoms with Crippen LogP contribution in [0.2, 0.25) is 0 Å². The zero-order valence-corrected chi connectivity index (χ0v) is 16.8. The van der Waals surface area contributed by atoms with Crippen LogP contribution >= 0.6 is 0 Å². The van der Waals surface area contributed by atoms with E-state index in [-0.39, 0.29) is 6.03 Å². The molecule has 0 spiro atoms. The number of rotatable bonds is 3. The van der Waals surface area contributed by atoms with Gasteiger partial charge in [-0.3, -0.25) is 4.98 Å². The number of methoxy groups -OCH3 is 1. The minimum absolute atomic E-state index is 0.192. The molecule has 3 aromatic rings. The molecule has 2 amide bonds. The highest BCUT2D eigenvalue weighted by Crippen LogP contribution is 2.36. The lowest BCUT2D eigenvalue weighted by atomic mass is 9.89. The third-order valence-corrected chi connectivity index (χ3v) is 6.48. The Kier molecular flexibility index (Phi) is 4.83. The van der Waals surface area contributed by atoms with Crippen molar-refractivity contribution < 1.29 is 9.53 Å². The van der Waals surface area contributed by atoms with Crippen LogP contribution in [-0.4, -0.2) is 70.7 Å². The Bertz CT molecular complexity index is 1020. The summed E-state index contributed by atoms with van der Waals surface area (Å²) in [6.07, 6.45) is 8.73. The lowest BCUT2D eigenvalue weighted by Crippen LogP contribution is -2.45. The van der Waals surface area contributed by atoms with E-state index in [1.165, 1.54) is 10.9 Å². The average molecular weight is 393 g/mol. The number of piperidine rings is 1. The van der Waals surface area contributed by atoms with Gasteiger partial charge < -0.3 is 19.5 Å². The third-order valence-electron chi connectivity index (χ3n) is 6.48. The van der Waals surface area contributed by atoms with Gasteiger partial charge in [-0.2, -0.15) is 0 Å². The van der Waals surface area contributed by atoms with Crippen LogP contribution in [0.4, 0.5) is 4.79 Å². The molecule has 2 saturated heterocycles. The highest BCUT2D eigenvalue weighted by molar-refractivity contribution is 6.05. The van der Waals surface area contributed by atoms with Gasteiger partial charge in [0.1, 0.15) is 5.65 Å². The van der Waals surface area contributed by atoms with E-state index < -0.39 is 0 Å². The Morgan fingerprint density at radius 1 is 1.21 bits per heavy atom. The van der Waals surface area contributed by atoms with E-state index in [1.54, 1.807) is 7.11 Å². The van der Waals surface area contributed by atoms with Gasteiger partial charge in [-0.25, -0.2) is 9.78 Å². The van der Waals surface area contributed by atoms with E-state index in [9.17, 15) is 4.79 Å². The quantitative estimate of drug-likeness (QED) is 0.740.